The molecule has 1 atom stereocenters. The molecular formula is C25H34N2O6Si. The number of hydrogen-bond acceptors (Lipinski definition) is 7. The normalized spacial score (nSPS) is 12.6. The minimum Gasteiger partial charge on any atom is -0.467 e. The summed E-state index contributed by atoms with van der Waals surface area (Å²) in [6, 6.07) is 9.74. The molecule has 2 rings (SSSR count). The average Bonchev–Trinajstić information content (AvgIpc) is 2.79. The summed E-state index contributed by atoms with van der Waals surface area (Å²) in [6.45, 7) is 11.7. The molecule has 1 aromatic carbocycles. The first-order valence-corrected chi connectivity index (χ1v) is 14.5. The van der Waals surface area contributed by atoms with E-state index in [-0.39, 0.29) is 12.3 Å². The zero-order chi connectivity index (χ0) is 25.7. The number of ether oxygens (including phenoxy) is 3. The van der Waals surface area contributed by atoms with Gasteiger partial charge in [-0.3, -0.25) is 4.79 Å². The second-order valence-corrected chi connectivity index (χ2v) is 14.9. The quantitative estimate of drug-likeness (QED) is 0.451. The van der Waals surface area contributed by atoms with Crippen molar-refractivity contribution in [3.63, 3.8) is 0 Å². The fourth-order valence-electron chi connectivity index (χ4n) is 3.26. The van der Waals surface area contributed by atoms with Crippen molar-refractivity contribution in [1.82, 2.24) is 10.3 Å². The summed E-state index contributed by atoms with van der Waals surface area (Å²) in [6.07, 6.45) is 0. The number of rotatable bonds is 8. The van der Waals surface area contributed by atoms with Crippen molar-refractivity contribution in [2.45, 2.75) is 52.1 Å². The Morgan fingerprint density at radius 1 is 1.03 bits per heavy atom. The first-order valence-electron chi connectivity index (χ1n) is 11.0. The van der Waals surface area contributed by atoms with Crippen LogP contribution in [0.3, 0.4) is 0 Å². The van der Waals surface area contributed by atoms with E-state index in [0.717, 1.165) is 5.19 Å². The standard InChI is InChI=1S/C25H34N2O6Si/c1-25(2,3)33-15-18(24(30)32-5)27-22(28)20-19(34(6,7)8)14-17(23(29)31-4)26-21(20)16-12-10-9-11-13-16/h9-14,18H,15H2,1-8H3,(H,27,28)/t18-/m0/s1. The second kappa shape index (κ2) is 10.9. The summed E-state index contributed by atoms with van der Waals surface area (Å²) in [5, 5.41) is 3.49. The van der Waals surface area contributed by atoms with Gasteiger partial charge in [0.05, 0.1) is 45.8 Å². The Kier molecular flexibility index (Phi) is 8.74. The number of pyridine rings is 1. The van der Waals surface area contributed by atoms with E-state index in [9.17, 15) is 14.4 Å². The van der Waals surface area contributed by atoms with Crippen LogP contribution in [0.4, 0.5) is 0 Å². The summed E-state index contributed by atoms with van der Waals surface area (Å²) >= 11 is 0. The number of hydrogen-bond donors (Lipinski definition) is 1. The second-order valence-electron chi connectivity index (χ2n) is 9.86. The molecule has 1 N–H and O–H groups in total. The van der Waals surface area contributed by atoms with Crippen LogP contribution in [0.25, 0.3) is 11.3 Å². The van der Waals surface area contributed by atoms with Gasteiger partial charge in [0.25, 0.3) is 5.91 Å². The molecule has 1 heterocycles. The number of benzene rings is 1. The molecule has 1 amide bonds. The summed E-state index contributed by atoms with van der Waals surface area (Å²) in [7, 11) is 0.361. The molecule has 0 aliphatic carbocycles. The highest BCUT2D eigenvalue weighted by Gasteiger charge is 2.32. The van der Waals surface area contributed by atoms with Crippen molar-refractivity contribution < 1.29 is 28.6 Å². The maximum absolute atomic E-state index is 13.7. The number of carbonyl (C=O) groups excluding carboxylic acids is 3. The number of nitrogens with zero attached hydrogens (tertiary/aromatic N) is 1. The van der Waals surface area contributed by atoms with E-state index >= 15 is 0 Å². The summed E-state index contributed by atoms with van der Waals surface area (Å²) < 4.78 is 15.5. The summed E-state index contributed by atoms with van der Waals surface area (Å²) in [4.78, 5) is 43.0. The third-order valence-corrected chi connectivity index (χ3v) is 6.98. The smallest absolute Gasteiger partial charge is 0.356 e. The summed E-state index contributed by atoms with van der Waals surface area (Å²) in [5.74, 6) is -1.70. The van der Waals surface area contributed by atoms with Crippen LogP contribution in [-0.4, -0.2) is 63.4 Å². The van der Waals surface area contributed by atoms with Gasteiger partial charge < -0.3 is 19.5 Å². The molecule has 0 saturated carbocycles. The Hall–Kier alpha value is -3.04. The van der Waals surface area contributed by atoms with Gasteiger partial charge in [-0.05, 0) is 32.0 Å². The average molecular weight is 487 g/mol. The van der Waals surface area contributed by atoms with Crippen LogP contribution in [0.5, 0.6) is 0 Å². The van der Waals surface area contributed by atoms with Gasteiger partial charge in [0.2, 0.25) is 0 Å². The third-order valence-electron chi connectivity index (χ3n) is 4.97. The highest BCUT2D eigenvalue weighted by atomic mass is 28.3. The molecule has 34 heavy (non-hydrogen) atoms. The molecule has 8 nitrogen and oxygen atoms in total. The Morgan fingerprint density at radius 3 is 2.15 bits per heavy atom. The van der Waals surface area contributed by atoms with Crippen molar-refractivity contribution >= 4 is 31.1 Å². The van der Waals surface area contributed by atoms with Gasteiger partial charge >= 0.3 is 11.9 Å². The molecule has 0 bridgehead atoms. The highest BCUT2D eigenvalue weighted by Crippen LogP contribution is 2.24. The monoisotopic (exact) mass is 486 g/mol. The van der Waals surface area contributed by atoms with E-state index in [4.69, 9.17) is 14.2 Å². The lowest BCUT2D eigenvalue weighted by Crippen LogP contribution is -2.50. The molecule has 1 aromatic heterocycles. The minimum absolute atomic E-state index is 0.0570. The van der Waals surface area contributed by atoms with Gasteiger partial charge in [-0.1, -0.05) is 50.0 Å². The molecule has 9 heteroatoms. The van der Waals surface area contributed by atoms with Crippen molar-refractivity contribution in [1.29, 1.82) is 0 Å². The molecule has 0 aliphatic rings. The lowest BCUT2D eigenvalue weighted by atomic mass is 10.0. The zero-order valence-electron chi connectivity index (χ0n) is 21.1. The third kappa shape index (κ3) is 6.98. The van der Waals surface area contributed by atoms with Crippen molar-refractivity contribution in [3.8, 4) is 11.3 Å². The van der Waals surface area contributed by atoms with Crippen LogP contribution < -0.4 is 10.5 Å². The van der Waals surface area contributed by atoms with Crippen LogP contribution >= 0.6 is 0 Å². The molecule has 0 saturated heterocycles. The maximum Gasteiger partial charge on any atom is 0.356 e. The van der Waals surface area contributed by atoms with Crippen LogP contribution in [0.1, 0.15) is 41.6 Å². The predicted molar refractivity (Wildman–Crippen MR) is 133 cm³/mol. The van der Waals surface area contributed by atoms with E-state index in [1.165, 1.54) is 14.2 Å². The molecular weight excluding hydrogens is 452 g/mol. The number of esters is 2. The van der Waals surface area contributed by atoms with Gasteiger partial charge in [0, 0.05) is 5.56 Å². The number of amides is 1. The molecule has 2 aromatic rings. The number of methoxy groups -OCH3 is 2. The van der Waals surface area contributed by atoms with E-state index in [2.05, 4.69) is 29.9 Å². The Balaban J connectivity index is 2.68. The van der Waals surface area contributed by atoms with Crippen molar-refractivity contribution in [2.75, 3.05) is 20.8 Å². The largest absolute Gasteiger partial charge is 0.467 e. The van der Waals surface area contributed by atoms with Gasteiger partial charge in [-0.15, -0.1) is 0 Å². The predicted octanol–water partition coefficient (Wildman–Crippen LogP) is 3.17. The molecule has 0 radical (unpaired) electrons. The fraction of sp³-hybridized carbons (Fsp3) is 0.440. The number of aromatic nitrogens is 1. The van der Waals surface area contributed by atoms with Gasteiger partial charge in [0.15, 0.2) is 6.04 Å². The number of carbonyl (C=O) groups is 3. The number of nitrogens with one attached hydrogen (secondary N) is 1. The molecule has 0 spiro atoms. The molecule has 0 unspecified atom stereocenters. The lowest BCUT2D eigenvalue weighted by Gasteiger charge is -2.26. The van der Waals surface area contributed by atoms with Crippen LogP contribution in [0.15, 0.2) is 36.4 Å². The first-order chi connectivity index (χ1) is 15.8. The highest BCUT2D eigenvalue weighted by molar-refractivity contribution is 6.89. The Bertz CT molecular complexity index is 1040. The van der Waals surface area contributed by atoms with Gasteiger partial charge in [-0.2, -0.15) is 0 Å². The van der Waals surface area contributed by atoms with Crippen LogP contribution in [0, 0.1) is 0 Å². The Morgan fingerprint density at radius 2 is 1.65 bits per heavy atom. The summed E-state index contributed by atoms with van der Waals surface area (Å²) in [5.41, 5.74) is 0.940. The van der Waals surface area contributed by atoms with Crippen molar-refractivity contribution in [3.05, 3.63) is 47.7 Å². The van der Waals surface area contributed by atoms with E-state index in [0.29, 0.717) is 16.8 Å². The SMILES string of the molecule is COC(=O)c1cc([Si](C)(C)C)c(C(=O)N[C@@H](COC(C)(C)C)C(=O)OC)c(-c2ccccc2)n1. The van der Waals surface area contributed by atoms with Crippen molar-refractivity contribution in [2.24, 2.45) is 0 Å². The van der Waals surface area contributed by atoms with E-state index < -0.39 is 37.6 Å². The van der Waals surface area contributed by atoms with Gasteiger partial charge in [0.1, 0.15) is 5.69 Å². The molecule has 0 fully saturated rings. The van der Waals surface area contributed by atoms with E-state index in [1.54, 1.807) is 6.07 Å². The topological polar surface area (TPSA) is 104 Å². The minimum atomic E-state index is -2.19. The molecule has 0 aliphatic heterocycles. The van der Waals surface area contributed by atoms with Crippen LogP contribution in [0.2, 0.25) is 19.6 Å². The van der Waals surface area contributed by atoms with Crippen LogP contribution in [-0.2, 0) is 19.0 Å². The maximum atomic E-state index is 13.7. The first kappa shape index (κ1) is 27.2. The Labute approximate surface area is 202 Å². The van der Waals surface area contributed by atoms with Gasteiger partial charge in [-0.25, -0.2) is 14.6 Å². The van der Waals surface area contributed by atoms with E-state index in [1.807, 2.05) is 51.1 Å². The lowest BCUT2D eigenvalue weighted by molar-refractivity contribution is -0.146. The fourth-order valence-corrected chi connectivity index (χ4v) is 4.81. The zero-order valence-corrected chi connectivity index (χ0v) is 22.1. The molecule has 184 valence electrons.